The van der Waals surface area contributed by atoms with Gasteiger partial charge in [0.1, 0.15) is 0 Å². The molecule has 0 heterocycles. The minimum atomic E-state index is -5.23. The maximum absolute atomic E-state index is 11.3. The fourth-order valence-electron chi connectivity index (χ4n) is 1.52. The molecule has 1 aromatic carbocycles. The van der Waals surface area contributed by atoms with Crippen LogP contribution in [0.25, 0.3) is 0 Å². The molecule has 0 spiro atoms. The van der Waals surface area contributed by atoms with Crippen LogP contribution in [-0.2, 0) is 15.0 Å². The van der Waals surface area contributed by atoms with Gasteiger partial charge in [0.25, 0.3) is 0 Å². The summed E-state index contributed by atoms with van der Waals surface area (Å²) in [5, 5.41) is 12.1. The standard InChI is InChI=1S/C10H15AsN2O5/c1-6(14)13-9-8(11(16,17)18)3-2-7(4-5-12)10(9)15/h2-3,15H,4-5,12H2,1H3,(H,13,14)(H2,16,17,18). The number of nitrogens with one attached hydrogen (secondary N) is 1. The predicted octanol–water partition coefficient (Wildman–Crippen LogP) is -1.59. The maximum atomic E-state index is 11.3. The fourth-order valence-corrected chi connectivity index (χ4v) is 3.04. The van der Waals surface area contributed by atoms with E-state index in [4.69, 9.17) is 5.73 Å². The van der Waals surface area contributed by atoms with Gasteiger partial charge < -0.3 is 0 Å². The minimum absolute atomic E-state index is 0.235. The second-order valence-corrected chi connectivity index (χ2v) is 7.03. The van der Waals surface area contributed by atoms with Crippen molar-refractivity contribution < 1.29 is 21.8 Å². The summed E-state index contributed by atoms with van der Waals surface area (Å²) in [6, 6.07) is 2.60. The van der Waals surface area contributed by atoms with E-state index < -0.39 is 20.1 Å². The van der Waals surface area contributed by atoms with Gasteiger partial charge in [0, 0.05) is 0 Å². The molecule has 100 valence electrons. The van der Waals surface area contributed by atoms with Crippen molar-refractivity contribution >= 4 is 30.1 Å². The first-order chi connectivity index (χ1) is 8.27. The molecule has 0 aliphatic rings. The molecule has 0 fully saturated rings. The Morgan fingerprint density at radius 1 is 1.44 bits per heavy atom. The average molecular weight is 318 g/mol. The second-order valence-electron chi connectivity index (χ2n) is 3.73. The fraction of sp³-hybridized carbons (Fsp3) is 0.300. The molecule has 0 saturated heterocycles. The molecule has 1 amide bonds. The molecule has 0 aliphatic carbocycles. The van der Waals surface area contributed by atoms with Gasteiger partial charge in [0.15, 0.2) is 0 Å². The number of amides is 1. The van der Waals surface area contributed by atoms with Gasteiger partial charge in [0.05, 0.1) is 0 Å². The van der Waals surface area contributed by atoms with Gasteiger partial charge >= 0.3 is 106 Å². The van der Waals surface area contributed by atoms with Crippen LogP contribution < -0.4 is 15.4 Å². The molecule has 18 heavy (non-hydrogen) atoms. The van der Waals surface area contributed by atoms with Crippen LogP contribution in [0.2, 0.25) is 0 Å². The molecule has 0 atom stereocenters. The number of benzene rings is 1. The molecule has 0 saturated carbocycles. The number of phenolic OH excluding ortho intramolecular Hbond substituents is 1. The summed E-state index contributed by atoms with van der Waals surface area (Å²) in [5.41, 5.74) is 5.55. The van der Waals surface area contributed by atoms with E-state index in [-0.39, 0.29) is 22.3 Å². The summed E-state index contributed by atoms with van der Waals surface area (Å²) >= 11 is -5.23. The van der Waals surface area contributed by atoms with E-state index in [0.29, 0.717) is 12.0 Å². The van der Waals surface area contributed by atoms with Crippen molar-refractivity contribution in [2.45, 2.75) is 13.3 Å². The first kappa shape index (κ1) is 14.8. The van der Waals surface area contributed by atoms with E-state index in [0.717, 1.165) is 0 Å². The Balaban J connectivity index is 3.41. The van der Waals surface area contributed by atoms with E-state index >= 15 is 0 Å². The molecule has 0 radical (unpaired) electrons. The second kappa shape index (κ2) is 5.58. The summed E-state index contributed by atoms with van der Waals surface area (Å²) in [7, 11) is 0. The van der Waals surface area contributed by atoms with E-state index in [2.05, 4.69) is 5.32 Å². The molecule has 1 rings (SSSR count). The quantitative estimate of drug-likeness (QED) is 0.336. The Labute approximate surface area is 107 Å². The molecule has 0 unspecified atom stereocenters. The van der Waals surface area contributed by atoms with Crippen LogP contribution in [0.4, 0.5) is 5.69 Å². The van der Waals surface area contributed by atoms with Gasteiger partial charge in [-0.15, -0.1) is 0 Å². The zero-order chi connectivity index (χ0) is 13.9. The van der Waals surface area contributed by atoms with Crippen LogP contribution in [-0.4, -0.2) is 39.9 Å². The number of aromatic hydroxyl groups is 1. The number of rotatable bonds is 4. The van der Waals surface area contributed by atoms with Crippen LogP contribution in [0.3, 0.4) is 0 Å². The van der Waals surface area contributed by atoms with Crippen molar-refractivity contribution in [3.05, 3.63) is 17.7 Å². The van der Waals surface area contributed by atoms with Crippen molar-refractivity contribution in [1.82, 2.24) is 0 Å². The van der Waals surface area contributed by atoms with Crippen LogP contribution in [0, 0.1) is 0 Å². The third-order valence-electron chi connectivity index (χ3n) is 2.27. The topological polar surface area (TPSA) is 133 Å². The first-order valence-electron chi connectivity index (χ1n) is 5.16. The normalized spacial score (nSPS) is 11.3. The first-order valence-corrected chi connectivity index (χ1v) is 8.54. The Hall–Kier alpha value is -1.27. The van der Waals surface area contributed by atoms with Crippen molar-refractivity contribution in [2.24, 2.45) is 5.73 Å². The van der Waals surface area contributed by atoms with Crippen molar-refractivity contribution in [3.63, 3.8) is 0 Å². The van der Waals surface area contributed by atoms with Crippen LogP contribution in [0.1, 0.15) is 12.5 Å². The monoisotopic (exact) mass is 318 g/mol. The summed E-state index contributed by atoms with van der Waals surface area (Å²) in [6.45, 7) is 1.46. The molecule has 1 aromatic rings. The number of carbonyl (C=O) groups excluding carboxylic acids is 1. The molecule has 0 aliphatic heterocycles. The number of hydrogen-bond acceptors (Lipinski definition) is 4. The van der Waals surface area contributed by atoms with Gasteiger partial charge in [0.2, 0.25) is 0 Å². The van der Waals surface area contributed by atoms with Crippen molar-refractivity contribution in [1.29, 1.82) is 0 Å². The summed E-state index contributed by atoms with van der Waals surface area (Å²) < 4.78 is 29.4. The van der Waals surface area contributed by atoms with Gasteiger partial charge in [-0.25, -0.2) is 0 Å². The van der Waals surface area contributed by atoms with Crippen LogP contribution >= 0.6 is 0 Å². The van der Waals surface area contributed by atoms with Crippen LogP contribution in [0.15, 0.2) is 12.1 Å². The number of hydrogen-bond donors (Lipinski definition) is 5. The Morgan fingerprint density at radius 2 is 2.06 bits per heavy atom. The average Bonchev–Trinajstić information content (AvgIpc) is 2.22. The third-order valence-corrected chi connectivity index (χ3v) is 4.37. The van der Waals surface area contributed by atoms with Gasteiger partial charge in [-0.3, -0.25) is 0 Å². The Kier molecular flexibility index (Phi) is 4.58. The van der Waals surface area contributed by atoms with E-state index in [1.54, 1.807) is 0 Å². The Morgan fingerprint density at radius 3 is 2.50 bits per heavy atom. The van der Waals surface area contributed by atoms with E-state index in [1.807, 2.05) is 0 Å². The van der Waals surface area contributed by atoms with Gasteiger partial charge in [-0.2, -0.15) is 0 Å². The Bertz CT molecular complexity index is 511. The summed E-state index contributed by atoms with van der Waals surface area (Å²) in [6.07, 6.45) is 0.340. The van der Waals surface area contributed by atoms with Crippen molar-refractivity contribution in [3.8, 4) is 5.75 Å². The number of carbonyl (C=O) groups is 1. The van der Waals surface area contributed by atoms with E-state index in [1.165, 1.54) is 19.1 Å². The van der Waals surface area contributed by atoms with Gasteiger partial charge in [-0.05, 0) is 0 Å². The molecule has 0 aromatic heterocycles. The molecular weight excluding hydrogens is 303 g/mol. The van der Waals surface area contributed by atoms with Gasteiger partial charge in [-0.1, -0.05) is 0 Å². The van der Waals surface area contributed by atoms with Crippen molar-refractivity contribution in [2.75, 3.05) is 11.9 Å². The zero-order valence-electron chi connectivity index (χ0n) is 9.75. The zero-order valence-corrected chi connectivity index (χ0v) is 11.6. The SMILES string of the molecule is CC(=O)Nc1c([As](=O)(O)O)ccc(CCN)c1O. The number of anilines is 1. The van der Waals surface area contributed by atoms with Crippen LogP contribution in [0.5, 0.6) is 5.75 Å². The summed E-state index contributed by atoms with van der Waals surface area (Å²) in [5.74, 6) is -0.877. The van der Waals surface area contributed by atoms with E-state index in [9.17, 15) is 21.8 Å². The number of nitrogens with two attached hydrogens (primary N) is 1. The third kappa shape index (κ3) is 3.36. The molecular formula is C10H15AsN2O5. The molecule has 7 nitrogen and oxygen atoms in total. The molecule has 0 bridgehead atoms. The predicted molar refractivity (Wildman–Crippen MR) is 65.7 cm³/mol. The molecule has 8 heteroatoms. The number of phenols is 1. The summed E-state index contributed by atoms with van der Waals surface area (Å²) in [4.78, 5) is 11.0. The molecule has 6 N–H and O–H groups in total.